The SMILES string of the molecule is CC[CH-]CCCCC.CC[CH-]CCCCC.CC[CH-]CCCCC.[O-]P([O-])(=S)[S-].[Zn+2].[Zn+2].[Zn+2]. The average Bonchev–Trinajstić information content (AvgIpc) is 2.66. The number of hydrogen-bond donors (Lipinski definition) is 0. The van der Waals surface area contributed by atoms with Crippen LogP contribution in [0.3, 0.4) is 0 Å². The molecule has 182 valence electrons. The summed E-state index contributed by atoms with van der Waals surface area (Å²) in [6.45, 7) is 13.3. The minimum atomic E-state index is -3.72. The topological polar surface area (TPSA) is 46.1 Å². The van der Waals surface area contributed by atoms with E-state index in [0.29, 0.717) is 0 Å². The van der Waals surface area contributed by atoms with E-state index in [2.05, 4.69) is 84.9 Å². The van der Waals surface area contributed by atoms with Crippen LogP contribution in [0.2, 0.25) is 0 Å². The Balaban J connectivity index is -0.0000000512. The van der Waals surface area contributed by atoms with Crippen molar-refractivity contribution in [2.45, 2.75) is 138 Å². The molecule has 0 N–H and O–H groups in total. The van der Waals surface area contributed by atoms with Gasteiger partial charge in [0.25, 0.3) is 0 Å². The number of hydrogen-bond acceptors (Lipinski definition) is 4. The fourth-order valence-electron chi connectivity index (χ4n) is 2.23. The smallest absolute Gasteiger partial charge is 0.850 e. The summed E-state index contributed by atoms with van der Waals surface area (Å²) >= 11 is 7.28. The molecule has 0 saturated carbocycles. The third-order valence-corrected chi connectivity index (χ3v) is 3.90. The van der Waals surface area contributed by atoms with Crippen LogP contribution in [0, 0.1) is 19.3 Å². The molecule has 2 nitrogen and oxygen atoms in total. The van der Waals surface area contributed by atoms with Crippen molar-refractivity contribution >= 4 is 29.7 Å². The van der Waals surface area contributed by atoms with Gasteiger partial charge in [-0.15, -0.1) is 0 Å². The molecule has 0 aromatic carbocycles. The first-order chi connectivity index (χ1) is 13.7. The summed E-state index contributed by atoms with van der Waals surface area (Å²) in [5.41, 5.74) is -3.72. The van der Waals surface area contributed by atoms with Crippen LogP contribution in [0.5, 0.6) is 0 Å². The van der Waals surface area contributed by atoms with Crippen molar-refractivity contribution < 1.29 is 68.2 Å². The molecule has 8 heteroatoms. The van der Waals surface area contributed by atoms with Gasteiger partial charge in [-0.25, -0.2) is 0 Å². The Morgan fingerprint density at radius 1 is 0.562 bits per heavy atom. The second-order valence-corrected chi connectivity index (χ2v) is 11.5. The molecule has 0 saturated heterocycles. The zero-order chi connectivity index (χ0) is 23.2. The fourth-order valence-corrected chi connectivity index (χ4v) is 2.23. The van der Waals surface area contributed by atoms with E-state index in [1.165, 1.54) is 96.3 Å². The summed E-state index contributed by atoms with van der Waals surface area (Å²) in [5.74, 6) is 0. The summed E-state index contributed by atoms with van der Waals surface area (Å²) in [6, 6.07) is 0. The molecule has 0 aliphatic carbocycles. The van der Waals surface area contributed by atoms with Crippen molar-refractivity contribution in [1.29, 1.82) is 0 Å². The van der Waals surface area contributed by atoms with E-state index in [1.54, 1.807) is 0 Å². The van der Waals surface area contributed by atoms with Gasteiger partial charge in [0.05, 0.1) is 0 Å². The molecule has 0 aliphatic rings. The third-order valence-electron chi connectivity index (χ3n) is 3.90. The fraction of sp³-hybridized carbons (Fsp3) is 0.875. The molecule has 0 unspecified atom stereocenters. The molecule has 0 amide bonds. The largest absolute Gasteiger partial charge is 2.00 e. The van der Waals surface area contributed by atoms with E-state index in [4.69, 9.17) is 0 Å². The molecule has 0 fully saturated rings. The van der Waals surface area contributed by atoms with Gasteiger partial charge >= 0.3 is 58.4 Å². The van der Waals surface area contributed by atoms with Crippen LogP contribution in [-0.4, -0.2) is 0 Å². The Kier molecular flexibility index (Phi) is 81.4. The van der Waals surface area contributed by atoms with Crippen LogP contribution in [0.25, 0.3) is 0 Å². The van der Waals surface area contributed by atoms with E-state index < -0.39 is 5.69 Å². The molecule has 32 heavy (non-hydrogen) atoms. The van der Waals surface area contributed by atoms with Gasteiger partial charge in [-0.1, -0.05) is 99.3 Å². The molecular weight excluding hydrogens is 612 g/mol. The zero-order valence-corrected chi connectivity index (χ0v) is 34.0. The maximum atomic E-state index is 9.29. The van der Waals surface area contributed by atoms with Gasteiger partial charge < -0.3 is 47.0 Å². The Morgan fingerprint density at radius 3 is 0.875 bits per heavy atom. The molecule has 0 atom stereocenters. The summed E-state index contributed by atoms with van der Waals surface area (Å²) in [6.07, 6.45) is 27.2. The van der Waals surface area contributed by atoms with Gasteiger partial charge in [-0.05, 0) is 0 Å². The van der Waals surface area contributed by atoms with Crippen LogP contribution in [0.4, 0.5) is 0 Å². The van der Waals surface area contributed by atoms with Crippen molar-refractivity contribution in [3.05, 3.63) is 19.3 Å². The van der Waals surface area contributed by atoms with Gasteiger partial charge in [0.2, 0.25) is 0 Å². The number of rotatable bonds is 15. The second kappa shape index (κ2) is 50.6. The molecule has 0 heterocycles. The quantitative estimate of drug-likeness (QED) is 0.0586. The first-order valence-electron chi connectivity index (χ1n) is 11.9. The van der Waals surface area contributed by atoms with E-state index in [0.717, 1.165) is 0 Å². The van der Waals surface area contributed by atoms with Gasteiger partial charge in [0, 0.05) is 0 Å². The Labute approximate surface area is 253 Å². The summed E-state index contributed by atoms with van der Waals surface area (Å²) in [7, 11) is 0. The minimum absolute atomic E-state index is 0. The maximum Gasteiger partial charge on any atom is 2.00 e. The first-order valence-corrected chi connectivity index (χ1v) is 15.6. The normalized spacial score (nSPS) is 9.16. The summed E-state index contributed by atoms with van der Waals surface area (Å²) < 4.78 is 0. The van der Waals surface area contributed by atoms with Gasteiger partial charge in [-0.2, -0.15) is 50.3 Å². The zero-order valence-electron chi connectivity index (χ0n) is 22.5. The van der Waals surface area contributed by atoms with Crippen molar-refractivity contribution in [1.82, 2.24) is 0 Å². The average molecular weight is 663 g/mol. The second-order valence-electron chi connectivity index (χ2n) is 7.03. The standard InChI is InChI=1S/3C8H17.H3O2PS2.3Zn/c3*1-3-5-7-8-6-4-2;1-3(2,4)5;;;/h3*5H,3-4,6-8H2,1-2H3;(H3,1,2,4,5);;;/q3*-1;;3*+2/p-3. The van der Waals surface area contributed by atoms with Crippen LogP contribution < -0.4 is 9.79 Å². The Bertz CT molecular complexity index is 244. The van der Waals surface area contributed by atoms with Crippen molar-refractivity contribution in [3.8, 4) is 0 Å². The molecular formula is C24H51O2PS2Zn3. The molecule has 0 radical (unpaired) electrons. The molecule has 0 aromatic heterocycles. The molecule has 0 bridgehead atoms. The molecule has 0 spiro atoms. The van der Waals surface area contributed by atoms with Crippen molar-refractivity contribution in [2.24, 2.45) is 0 Å². The van der Waals surface area contributed by atoms with Crippen LogP contribution in [-0.2, 0) is 82.5 Å². The van der Waals surface area contributed by atoms with Gasteiger partial charge in [-0.3, -0.25) is 0 Å². The van der Waals surface area contributed by atoms with E-state index in [1.807, 2.05) is 0 Å². The van der Waals surface area contributed by atoms with Crippen LogP contribution >= 0.6 is 5.69 Å². The van der Waals surface area contributed by atoms with E-state index >= 15 is 0 Å². The maximum absolute atomic E-state index is 9.29. The predicted molar refractivity (Wildman–Crippen MR) is 138 cm³/mol. The summed E-state index contributed by atoms with van der Waals surface area (Å²) in [4.78, 5) is 18.6. The van der Waals surface area contributed by atoms with E-state index in [9.17, 15) is 9.79 Å². The van der Waals surface area contributed by atoms with Crippen molar-refractivity contribution in [3.63, 3.8) is 0 Å². The van der Waals surface area contributed by atoms with E-state index in [-0.39, 0.29) is 58.4 Å². The molecule has 0 aromatic rings. The van der Waals surface area contributed by atoms with Crippen molar-refractivity contribution in [2.75, 3.05) is 0 Å². The first kappa shape index (κ1) is 51.4. The van der Waals surface area contributed by atoms with Gasteiger partial charge in [0.15, 0.2) is 0 Å². The van der Waals surface area contributed by atoms with Crippen LogP contribution in [0.15, 0.2) is 0 Å². The number of unbranched alkanes of at least 4 members (excludes halogenated alkanes) is 15. The molecule has 0 aliphatic heterocycles. The van der Waals surface area contributed by atoms with Gasteiger partial charge in [0.1, 0.15) is 0 Å². The third kappa shape index (κ3) is 105. The Morgan fingerprint density at radius 2 is 0.750 bits per heavy atom. The monoisotopic (exact) mass is 658 g/mol. The summed E-state index contributed by atoms with van der Waals surface area (Å²) in [5, 5.41) is 0. The Hall–Kier alpha value is 2.79. The molecule has 0 rings (SSSR count). The minimum Gasteiger partial charge on any atom is -0.850 e. The van der Waals surface area contributed by atoms with Crippen LogP contribution in [0.1, 0.15) is 138 Å². The predicted octanol–water partition coefficient (Wildman–Crippen LogP) is 8.01.